The van der Waals surface area contributed by atoms with E-state index in [1.165, 1.54) is 0 Å². The first kappa shape index (κ1) is 10.1. The molecule has 0 aliphatic carbocycles. The minimum Gasteiger partial charge on any atom is -0.242 e. The van der Waals surface area contributed by atoms with Crippen molar-refractivity contribution >= 4 is 0 Å². The zero-order chi connectivity index (χ0) is 10.3. The van der Waals surface area contributed by atoms with E-state index in [1.807, 2.05) is 5.92 Å². The van der Waals surface area contributed by atoms with Gasteiger partial charge in [0.2, 0.25) is 6.17 Å². The molecule has 2 nitrogen and oxygen atoms in total. The zero-order valence-corrected chi connectivity index (χ0v) is 7.88. The minimum atomic E-state index is -1.76. The van der Waals surface area contributed by atoms with Crippen molar-refractivity contribution in [2.75, 3.05) is 0 Å². The Morgan fingerprint density at radius 1 is 1.31 bits per heavy atom. The van der Waals surface area contributed by atoms with E-state index in [-0.39, 0.29) is 0 Å². The fourth-order valence-electron chi connectivity index (χ4n) is 1.15. The van der Waals surface area contributed by atoms with E-state index in [0.29, 0.717) is 0 Å². The molecule has 0 radical (unpaired) electrons. The topological polar surface area (TPSA) is 24.7 Å². The van der Waals surface area contributed by atoms with E-state index in [4.69, 9.17) is 6.42 Å². The third-order valence-electron chi connectivity index (χ3n) is 1.98. The van der Waals surface area contributed by atoms with Gasteiger partial charge in [0, 0.05) is 0 Å². The normalized spacial score (nSPS) is 23.4. The summed E-state index contributed by atoms with van der Waals surface area (Å²) in [6.45, 7) is 4.98. The summed E-state index contributed by atoms with van der Waals surface area (Å²) in [7, 11) is 0. The van der Waals surface area contributed by atoms with Crippen LogP contribution in [0, 0.1) is 17.8 Å². The largest absolute Gasteiger partial charge is 0.263 e. The average Bonchev–Trinajstić information content (AvgIpc) is 2.80. The summed E-state index contributed by atoms with van der Waals surface area (Å²) in [5, 5.41) is 6.81. The second kappa shape index (κ2) is 2.76. The maximum atomic E-state index is 13.7. The van der Waals surface area contributed by atoms with Crippen molar-refractivity contribution in [3.63, 3.8) is 0 Å². The minimum absolute atomic E-state index is 0.704. The molecule has 0 spiro atoms. The third-order valence-corrected chi connectivity index (χ3v) is 1.98. The standard InChI is InChI=1S/C9H12F2N2/c1-5-6(10)9(12-13-9)7(11)8(2,3)4/h1,6-7H,2-4H3. The third kappa shape index (κ3) is 1.55. The number of nitrogens with zero attached hydrogens (tertiary/aromatic N) is 2. The Balaban J connectivity index is 2.79. The van der Waals surface area contributed by atoms with Gasteiger partial charge in [-0.05, 0) is 5.41 Å². The molecule has 0 aromatic carbocycles. The van der Waals surface area contributed by atoms with Crippen molar-refractivity contribution in [3.05, 3.63) is 0 Å². The van der Waals surface area contributed by atoms with Crippen molar-refractivity contribution in [1.82, 2.24) is 0 Å². The van der Waals surface area contributed by atoms with Gasteiger partial charge >= 0.3 is 0 Å². The molecule has 4 heteroatoms. The van der Waals surface area contributed by atoms with E-state index in [2.05, 4.69) is 10.2 Å². The van der Waals surface area contributed by atoms with Crippen LogP contribution < -0.4 is 0 Å². The summed E-state index contributed by atoms with van der Waals surface area (Å²) in [5.41, 5.74) is -2.32. The Bertz CT molecular complexity index is 266. The van der Waals surface area contributed by atoms with E-state index >= 15 is 0 Å². The molecule has 0 N–H and O–H groups in total. The van der Waals surface area contributed by atoms with Gasteiger partial charge in [0.25, 0.3) is 5.66 Å². The number of rotatable bonds is 2. The monoisotopic (exact) mass is 186 g/mol. The second-order valence-corrected chi connectivity index (χ2v) is 4.24. The van der Waals surface area contributed by atoms with Gasteiger partial charge in [0.15, 0.2) is 6.17 Å². The molecule has 1 aliphatic heterocycles. The molecule has 0 saturated heterocycles. The lowest BCUT2D eigenvalue weighted by Crippen LogP contribution is -2.43. The van der Waals surface area contributed by atoms with Crippen LogP contribution in [-0.2, 0) is 0 Å². The predicted octanol–water partition coefficient (Wildman–Crippen LogP) is 2.50. The zero-order valence-electron chi connectivity index (χ0n) is 7.88. The highest BCUT2D eigenvalue weighted by Gasteiger charge is 2.59. The first-order valence-electron chi connectivity index (χ1n) is 4.03. The molecular weight excluding hydrogens is 174 g/mol. The van der Waals surface area contributed by atoms with E-state index in [9.17, 15) is 8.78 Å². The highest BCUT2D eigenvalue weighted by Crippen LogP contribution is 2.45. The molecule has 1 rings (SSSR count). The van der Waals surface area contributed by atoms with Crippen LogP contribution >= 0.6 is 0 Å². The summed E-state index contributed by atoms with van der Waals surface area (Å²) in [6.07, 6.45) is 1.62. The summed E-state index contributed by atoms with van der Waals surface area (Å²) >= 11 is 0. The molecule has 1 aliphatic rings. The quantitative estimate of drug-likeness (QED) is 0.592. The van der Waals surface area contributed by atoms with Gasteiger partial charge < -0.3 is 0 Å². The molecule has 72 valence electrons. The lowest BCUT2D eigenvalue weighted by Gasteiger charge is -2.27. The molecule has 2 atom stereocenters. The van der Waals surface area contributed by atoms with E-state index in [1.54, 1.807) is 20.8 Å². The molecule has 2 unspecified atom stereocenters. The Morgan fingerprint density at radius 3 is 2.00 bits per heavy atom. The number of alkyl halides is 2. The SMILES string of the molecule is C#CC(F)C1(C(F)C(C)(C)C)N=N1. The summed E-state index contributed by atoms with van der Waals surface area (Å²) in [5.74, 6) is 1.83. The lowest BCUT2D eigenvalue weighted by molar-refractivity contribution is 0.0821. The van der Waals surface area contributed by atoms with Crippen LogP contribution in [0.25, 0.3) is 0 Å². The van der Waals surface area contributed by atoms with Gasteiger partial charge in [-0.1, -0.05) is 26.7 Å². The average molecular weight is 186 g/mol. The van der Waals surface area contributed by atoms with Crippen LogP contribution in [0.2, 0.25) is 0 Å². The highest BCUT2D eigenvalue weighted by atomic mass is 19.1. The number of terminal acetylenes is 1. The fourth-order valence-corrected chi connectivity index (χ4v) is 1.15. The molecule has 1 heterocycles. The van der Waals surface area contributed by atoms with Gasteiger partial charge in [0.05, 0.1) is 0 Å². The first-order chi connectivity index (χ1) is 5.84. The van der Waals surface area contributed by atoms with Crippen molar-refractivity contribution < 1.29 is 8.78 Å². The fraction of sp³-hybridized carbons (Fsp3) is 0.778. The van der Waals surface area contributed by atoms with Gasteiger partial charge in [-0.2, -0.15) is 10.2 Å². The molecule has 0 bridgehead atoms. The Labute approximate surface area is 76.4 Å². The van der Waals surface area contributed by atoms with Gasteiger partial charge in [-0.3, -0.25) is 0 Å². The maximum Gasteiger partial charge on any atom is 0.263 e. The first-order valence-corrected chi connectivity index (χ1v) is 4.03. The van der Waals surface area contributed by atoms with E-state index < -0.39 is 23.4 Å². The number of hydrogen-bond acceptors (Lipinski definition) is 2. The van der Waals surface area contributed by atoms with Crippen LogP contribution in [0.4, 0.5) is 8.78 Å². The Hall–Kier alpha value is -0.980. The van der Waals surface area contributed by atoms with Crippen molar-refractivity contribution in [1.29, 1.82) is 0 Å². The van der Waals surface area contributed by atoms with Gasteiger partial charge in [-0.25, -0.2) is 8.78 Å². The highest BCUT2D eigenvalue weighted by molar-refractivity contribution is 5.18. The predicted molar refractivity (Wildman–Crippen MR) is 45.7 cm³/mol. The molecular formula is C9H12F2N2. The van der Waals surface area contributed by atoms with Crippen molar-refractivity contribution in [2.24, 2.45) is 15.6 Å². The number of halogens is 2. The van der Waals surface area contributed by atoms with Gasteiger partial charge in [0.1, 0.15) is 0 Å². The summed E-state index contributed by atoms with van der Waals surface area (Å²) < 4.78 is 26.8. The Morgan fingerprint density at radius 2 is 1.77 bits per heavy atom. The molecule has 0 aromatic rings. The van der Waals surface area contributed by atoms with Gasteiger partial charge in [-0.15, -0.1) is 6.42 Å². The van der Waals surface area contributed by atoms with Crippen LogP contribution in [0.5, 0.6) is 0 Å². The molecule has 0 aromatic heterocycles. The van der Waals surface area contributed by atoms with E-state index in [0.717, 1.165) is 0 Å². The van der Waals surface area contributed by atoms with Crippen LogP contribution in [0.1, 0.15) is 20.8 Å². The van der Waals surface area contributed by atoms with Crippen LogP contribution in [-0.4, -0.2) is 18.0 Å². The molecule has 0 fully saturated rings. The summed E-state index contributed by atoms with van der Waals surface area (Å²) in [4.78, 5) is 0. The van der Waals surface area contributed by atoms with Crippen LogP contribution in [0.3, 0.4) is 0 Å². The Kier molecular flexibility index (Phi) is 2.15. The molecule has 0 amide bonds. The molecule has 13 heavy (non-hydrogen) atoms. The summed E-state index contributed by atoms with van der Waals surface area (Å²) in [6, 6.07) is 0. The number of hydrogen-bond donors (Lipinski definition) is 0. The molecule has 0 saturated carbocycles. The lowest BCUT2D eigenvalue weighted by atomic mass is 9.82. The second-order valence-electron chi connectivity index (χ2n) is 4.24. The maximum absolute atomic E-state index is 13.7. The van der Waals surface area contributed by atoms with Crippen molar-refractivity contribution in [2.45, 2.75) is 38.8 Å². The smallest absolute Gasteiger partial charge is 0.242 e. The van der Waals surface area contributed by atoms with Crippen molar-refractivity contribution in [3.8, 4) is 12.3 Å². The van der Waals surface area contributed by atoms with Crippen LogP contribution in [0.15, 0.2) is 10.2 Å².